The van der Waals surface area contributed by atoms with Crippen LogP contribution in [0.5, 0.6) is 11.5 Å². The van der Waals surface area contributed by atoms with Crippen LogP contribution in [0.1, 0.15) is 12.5 Å². The van der Waals surface area contributed by atoms with Crippen molar-refractivity contribution in [3.05, 3.63) is 57.4 Å². The molecule has 0 spiro atoms. The molecule has 100 valence electrons. The molecule has 0 amide bonds. The predicted molar refractivity (Wildman–Crippen MR) is 83.0 cm³/mol. The lowest BCUT2D eigenvalue weighted by atomic mass is 10.1. The average Bonchev–Trinajstić information content (AvgIpc) is 2.32. The number of benzene rings is 2. The summed E-state index contributed by atoms with van der Waals surface area (Å²) in [6.07, 6.45) is 0.653. The normalized spacial score (nSPS) is 12.2. The molecule has 0 saturated carbocycles. The van der Waals surface area contributed by atoms with Crippen LogP contribution in [0.2, 0.25) is 0 Å². The van der Waals surface area contributed by atoms with Gasteiger partial charge in [0.05, 0.1) is 0 Å². The van der Waals surface area contributed by atoms with E-state index in [1.807, 2.05) is 31.2 Å². The first-order chi connectivity index (χ1) is 9.04. The van der Waals surface area contributed by atoms with Crippen molar-refractivity contribution >= 4 is 22.6 Å². The molecule has 0 heterocycles. The summed E-state index contributed by atoms with van der Waals surface area (Å²) in [4.78, 5) is 0. The van der Waals surface area contributed by atoms with Crippen molar-refractivity contribution in [3.63, 3.8) is 0 Å². The Morgan fingerprint density at radius 3 is 2.68 bits per heavy atom. The Bertz CT molecular complexity index is 572. The van der Waals surface area contributed by atoms with Crippen molar-refractivity contribution in [2.75, 3.05) is 0 Å². The third kappa shape index (κ3) is 4.18. The first-order valence-corrected chi connectivity index (χ1v) is 7.10. The topological polar surface area (TPSA) is 35.2 Å². The molecule has 0 aliphatic heterocycles. The SMILES string of the molecule is CC(N)Cc1ccc(Oc2cccc(I)c2)c(F)c1. The monoisotopic (exact) mass is 371 g/mol. The summed E-state index contributed by atoms with van der Waals surface area (Å²) in [5.74, 6) is 0.498. The zero-order valence-corrected chi connectivity index (χ0v) is 12.7. The molecular formula is C15H15FINO. The maximum atomic E-state index is 13.9. The number of nitrogens with two attached hydrogens (primary N) is 1. The first kappa shape index (κ1) is 14.3. The van der Waals surface area contributed by atoms with E-state index in [1.54, 1.807) is 12.1 Å². The molecule has 0 aliphatic rings. The smallest absolute Gasteiger partial charge is 0.165 e. The lowest BCUT2D eigenvalue weighted by Crippen LogP contribution is -2.17. The second-order valence-electron chi connectivity index (χ2n) is 4.51. The van der Waals surface area contributed by atoms with Gasteiger partial charge in [0.2, 0.25) is 0 Å². The largest absolute Gasteiger partial charge is 0.454 e. The van der Waals surface area contributed by atoms with Gasteiger partial charge >= 0.3 is 0 Å². The molecule has 0 saturated heterocycles. The molecule has 1 atom stereocenters. The van der Waals surface area contributed by atoms with E-state index < -0.39 is 0 Å². The second kappa shape index (κ2) is 6.34. The lowest BCUT2D eigenvalue weighted by Gasteiger charge is -2.10. The van der Waals surface area contributed by atoms with E-state index in [1.165, 1.54) is 6.07 Å². The van der Waals surface area contributed by atoms with Crippen molar-refractivity contribution in [1.82, 2.24) is 0 Å². The fraction of sp³-hybridized carbons (Fsp3) is 0.200. The van der Waals surface area contributed by atoms with Gasteiger partial charge in [-0.15, -0.1) is 0 Å². The number of rotatable bonds is 4. The highest BCUT2D eigenvalue weighted by molar-refractivity contribution is 14.1. The second-order valence-corrected chi connectivity index (χ2v) is 5.75. The Morgan fingerprint density at radius 2 is 2.05 bits per heavy atom. The zero-order valence-electron chi connectivity index (χ0n) is 10.6. The molecule has 2 nitrogen and oxygen atoms in total. The van der Waals surface area contributed by atoms with E-state index in [4.69, 9.17) is 10.5 Å². The molecule has 0 radical (unpaired) electrons. The van der Waals surface area contributed by atoms with E-state index in [9.17, 15) is 4.39 Å². The van der Waals surface area contributed by atoms with Crippen LogP contribution in [0, 0.1) is 9.39 Å². The highest BCUT2D eigenvalue weighted by Crippen LogP contribution is 2.26. The van der Waals surface area contributed by atoms with Gasteiger partial charge in [0.1, 0.15) is 5.75 Å². The molecule has 0 aliphatic carbocycles. The van der Waals surface area contributed by atoms with Crippen molar-refractivity contribution in [3.8, 4) is 11.5 Å². The van der Waals surface area contributed by atoms with Crippen LogP contribution in [0.4, 0.5) is 4.39 Å². The predicted octanol–water partition coefficient (Wildman–Crippen LogP) is 4.11. The third-order valence-electron chi connectivity index (χ3n) is 2.58. The van der Waals surface area contributed by atoms with Gasteiger partial charge in [-0.05, 0) is 71.8 Å². The molecule has 2 aromatic carbocycles. The summed E-state index contributed by atoms with van der Waals surface area (Å²) in [5.41, 5.74) is 6.58. The van der Waals surface area contributed by atoms with Crippen LogP contribution < -0.4 is 10.5 Å². The molecule has 0 bridgehead atoms. The highest BCUT2D eigenvalue weighted by Gasteiger charge is 2.07. The van der Waals surface area contributed by atoms with Crippen LogP contribution >= 0.6 is 22.6 Å². The van der Waals surface area contributed by atoms with Gasteiger partial charge in [0.25, 0.3) is 0 Å². The number of hydrogen-bond donors (Lipinski definition) is 1. The van der Waals surface area contributed by atoms with Gasteiger partial charge in [-0.1, -0.05) is 12.1 Å². The number of halogens is 2. The summed E-state index contributed by atoms with van der Waals surface area (Å²) < 4.78 is 20.5. The minimum absolute atomic E-state index is 0.0156. The van der Waals surface area contributed by atoms with Crippen molar-refractivity contribution < 1.29 is 9.13 Å². The van der Waals surface area contributed by atoms with Gasteiger partial charge in [0.15, 0.2) is 11.6 Å². The van der Waals surface area contributed by atoms with Gasteiger partial charge in [-0.25, -0.2) is 4.39 Å². The standard InChI is InChI=1S/C15H15FINO/c1-10(18)7-11-5-6-15(14(16)8-11)19-13-4-2-3-12(17)9-13/h2-6,8-10H,7,18H2,1H3. The Labute approximate surface area is 125 Å². The molecule has 2 rings (SSSR count). The third-order valence-corrected chi connectivity index (χ3v) is 3.25. The summed E-state index contributed by atoms with van der Waals surface area (Å²) in [6.45, 7) is 1.90. The molecule has 2 aromatic rings. The lowest BCUT2D eigenvalue weighted by molar-refractivity contribution is 0.441. The maximum absolute atomic E-state index is 13.9. The molecule has 0 fully saturated rings. The Balaban J connectivity index is 2.17. The average molecular weight is 371 g/mol. The summed E-state index contributed by atoms with van der Waals surface area (Å²) >= 11 is 2.19. The van der Waals surface area contributed by atoms with Crippen LogP contribution in [0.25, 0.3) is 0 Å². The van der Waals surface area contributed by atoms with Crippen molar-refractivity contribution in [1.29, 1.82) is 0 Å². The van der Waals surface area contributed by atoms with E-state index in [0.717, 1.165) is 9.13 Å². The fourth-order valence-electron chi connectivity index (χ4n) is 1.78. The maximum Gasteiger partial charge on any atom is 0.165 e. The van der Waals surface area contributed by atoms with E-state index in [0.29, 0.717) is 12.2 Å². The Kier molecular flexibility index (Phi) is 4.76. The summed E-state index contributed by atoms with van der Waals surface area (Å²) in [5, 5.41) is 0. The molecular weight excluding hydrogens is 356 g/mol. The van der Waals surface area contributed by atoms with Crippen LogP contribution in [-0.4, -0.2) is 6.04 Å². The highest BCUT2D eigenvalue weighted by atomic mass is 127. The molecule has 4 heteroatoms. The summed E-state index contributed by atoms with van der Waals surface area (Å²) in [7, 11) is 0. The molecule has 19 heavy (non-hydrogen) atoms. The summed E-state index contributed by atoms with van der Waals surface area (Å²) in [6, 6.07) is 12.5. The minimum atomic E-state index is -0.364. The molecule has 0 aromatic heterocycles. The van der Waals surface area contributed by atoms with Crippen LogP contribution in [0.15, 0.2) is 42.5 Å². The Hall–Kier alpha value is -1.14. The van der Waals surface area contributed by atoms with Crippen LogP contribution in [-0.2, 0) is 6.42 Å². The van der Waals surface area contributed by atoms with Gasteiger partial charge in [-0.2, -0.15) is 0 Å². The molecule has 1 unspecified atom stereocenters. The van der Waals surface area contributed by atoms with E-state index in [2.05, 4.69) is 22.6 Å². The first-order valence-electron chi connectivity index (χ1n) is 6.02. The zero-order chi connectivity index (χ0) is 13.8. The Morgan fingerprint density at radius 1 is 1.26 bits per heavy atom. The number of ether oxygens (including phenoxy) is 1. The molecule has 2 N–H and O–H groups in total. The van der Waals surface area contributed by atoms with Gasteiger partial charge in [-0.3, -0.25) is 0 Å². The quantitative estimate of drug-likeness (QED) is 0.821. The van der Waals surface area contributed by atoms with Gasteiger partial charge in [0, 0.05) is 9.61 Å². The van der Waals surface area contributed by atoms with Gasteiger partial charge < -0.3 is 10.5 Å². The minimum Gasteiger partial charge on any atom is -0.454 e. The van der Waals surface area contributed by atoms with Crippen molar-refractivity contribution in [2.45, 2.75) is 19.4 Å². The van der Waals surface area contributed by atoms with E-state index >= 15 is 0 Å². The van der Waals surface area contributed by atoms with E-state index in [-0.39, 0.29) is 17.6 Å². The fourth-order valence-corrected chi connectivity index (χ4v) is 2.30. The van der Waals surface area contributed by atoms with Crippen molar-refractivity contribution in [2.24, 2.45) is 5.73 Å². The number of hydrogen-bond acceptors (Lipinski definition) is 2. The van der Waals surface area contributed by atoms with Crippen LogP contribution in [0.3, 0.4) is 0 Å².